The number of aliphatic hydroxyl groups is 1. The van der Waals surface area contributed by atoms with Gasteiger partial charge in [0.05, 0.1) is 43.9 Å². The molecule has 1 saturated carbocycles. The van der Waals surface area contributed by atoms with E-state index in [-0.39, 0.29) is 49.0 Å². The number of nitrogens with one attached hydrogen (secondary N) is 5. The lowest BCUT2D eigenvalue weighted by Crippen LogP contribution is -2.73. The van der Waals surface area contributed by atoms with Crippen LogP contribution in [0.1, 0.15) is 58.3 Å². The number of rotatable bonds is 11. The number of fused-ring (bicyclic) bond motifs is 1. The first kappa shape index (κ1) is 32.5. The van der Waals surface area contributed by atoms with Crippen molar-refractivity contribution in [2.75, 3.05) is 72.2 Å². The second-order valence-electron chi connectivity index (χ2n) is 14.1. The first-order valence-corrected chi connectivity index (χ1v) is 17.3. The Labute approximate surface area is 262 Å². The third kappa shape index (κ3) is 8.68. The number of likely N-dealkylation sites (tertiary alicyclic amines) is 3. The highest BCUT2D eigenvalue weighted by Gasteiger charge is 2.39. The molecule has 0 bridgehead atoms. The highest BCUT2D eigenvalue weighted by Crippen LogP contribution is 2.37. The van der Waals surface area contributed by atoms with Crippen molar-refractivity contribution in [3.63, 3.8) is 0 Å². The van der Waals surface area contributed by atoms with E-state index in [2.05, 4.69) is 36.4 Å². The Balaban J connectivity index is 0.925. The van der Waals surface area contributed by atoms with Crippen LogP contribution in [0.3, 0.4) is 0 Å². The Morgan fingerprint density at radius 3 is 2.64 bits per heavy atom. The van der Waals surface area contributed by atoms with Crippen molar-refractivity contribution in [1.29, 1.82) is 0 Å². The van der Waals surface area contributed by atoms with Crippen LogP contribution in [0.25, 0.3) is 0 Å². The molecule has 0 aromatic carbocycles. The minimum absolute atomic E-state index is 0.0298. The largest absolute Gasteiger partial charge is 0.390 e. The SMILES string of the molecule is CC(=O)N1CC(NC2CC(C(=O)NC[C@H](O)CN3CCC4CC(OCC5CNCO5)CCC4C3)NC(N3CCCCC3)N2)C1. The number of nitrogens with zero attached hydrogens (tertiary/aromatic N) is 3. The molecular weight excluding hydrogens is 564 g/mol. The first-order valence-electron chi connectivity index (χ1n) is 17.3. The number of hydrogen-bond acceptors (Lipinski definition) is 11. The van der Waals surface area contributed by atoms with Gasteiger partial charge in [-0.25, -0.2) is 0 Å². The highest BCUT2D eigenvalue weighted by atomic mass is 16.5. The van der Waals surface area contributed by atoms with Gasteiger partial charge in [-0.1, -0.05) is 6.42 Å². The van der Waals surface area contributed by atoms with E-state index in [0.29, 0.717) is 57.3 Å². The Morgan fingerprint density at radius 1 is 1.02 bits per heavy atom. The number of β-amino-alcohol motifs (C(OH)–C–C–N with tert-alkyl or cyclic N) is 1. The summed E-state index contributed by atoms with van der Waals surface area (Å²) in [6, 6.07) is -0.126. The van der Waals surface area contributed by atoms with Crippen LogP contribution in [-0.4, -0.2) is 147 Å². The molecule has 13 heteroatoms. The fourth-order valence-corrected chi connectivity index (χ4v) is 8.09. The van der Waals surface area contributed by atoms with Gasteiger partial charge in [0.2, 0.25) is 11.8 Å². The van der Waals surface area contributed by atoms with E-state index < -0.39 is 6.10 Å². The van der Waals surface area contributed by atoms with Crippen molar-refractivity contribution in [3.8, 4) is 0 Å². The molecule has 2 amide bonds. The van der Waals surface area contributed by atoms with Gasteiger partial charge in [0.15, 0.2) is 0 Å². The van der Waals surface area contributed by atoms with Crippen molar-refractivity contribution in [2.24, 2.45) is 11.8 Å². The maximum Gasteiger partial charge on any atom is 0.237 e. The third-order valence-electron chi connectivity index (χ3n) is 10.7. The van der Waals surface area contributed by atoms with Gasteiger partial charge in [-0.2, -0.15) is 0 Å². The van der Waals surface area contributed by atoms with Crippen LogP contribution < -0.4 is 26.6 Å². The van der Waals surface area contributed by atoms with E-state index in [1.165, 1.54) is 12.8 Å². The molecule has 6 rings (SSSR count). The van der Waals surface area contributed by atoms with Crippen molar-refractivity contribution >= 4 is 11.8 Å². The monoisotopic (exact) mass is 620 g/mol. The van der Waals surface area contributed by atoms with Crippen molar-refractivity contribution in [3.05, 3.63) is 0 Å². The summed E-state index contributed by atoms with van der Waals surface area (Å²) in [6.07, 6.45) is 8.53. The summed E-state index contributed by atoms with van der Waals surface area (Å²) in [5.74, 6) is 1.39. The molecule has 6 fully saturated rings. The summed E-state index contributed by atoms with van der Waals surface area (Å²) in [5.41, 5.74) is 0. The van der Waals surface area contributed by atoms with Crippen LogP contribution in [0.5, 0.6) is 0 Å². The second kappa shape index (κ2) is 15.4. The van der Waals surface area contributed by atoms with Crippen molar-refractivity contribution in [2.45, 2.75) is 101 Å². The molecule has 6 N–H and O–H groups in total. The first-order chi connectivity index (χ1) is 21.4. The van der Waals surface area contributed by atoms with Crippen LogP contribution in [-0.2, 0) is 19.1 Å². The Bertz CT molecular complexity index is 944. The zero-order valence-corrected chi connectivity index (χ0v) is 26.6. The molecule has 0 spiro atoms. The molecule has 13 nitrogen and oxygen atoms in total. The molecular formula is C31H56N8O5. The normalized spacial score (nSPS) is 36.4. The molecule has 5 saturated heterocycles. The van der Waals surface area contributed by atoms with E-state index in [9.17, 15) is 14.7 Å². The van der Waals surface area contributed by atoms with E-state index >= 15 is 0 Å². The number of ether oxygens (including phenoxy) is 2. The number of piperidine rings is 2. The maximum atomic E-state index is 13.4. The molecule has 5 heterocycles. The minimum Gasteiger partial charge on any atom is -0.390 e. The number of amides is 2. The number of hydrogen-bond donors (Lipinski definition) is 6. The van der Waals surface area contributed by atoms with Gasteiger partial charge in [0.1, 0.15) is 6.29 Å². The smallest absolute Gasteiger partial charge is 0.237 e. The lowest BCUT2D eigenvalue weighted by molar-refractivity contribution is -0.133. The van der Waals surface area contributed by atoms with Gasteiger partial charge >= 0.3 is 0 Å². The van der Waals surface area contributed by atoms with Crippen LogP contribution in [0.2, 0.25) is 0 Å². The highest BCUT2D eigenvalue weighted by molar-refractivity contribution is 5.82. The van der Waals surface area contributed by atoms with E-state index in [4.69, 9.17) is 9.47 Å². The van der Waals surface area contributed by atoms with Gasteiger partial charge in [-0.05, 0) is 56.9 Å². The second-order valence-corrected chi connectivity index (χ2v) is 14.1. The zero-order chi connectivity index (χ0) is 30.5. The molecule has 8 atom stereocenters. The maximum absolute atomic E-state index is 13.4. The fourth-order valence-electron chi connectivity index (χ4n) is 8.09. The summed E-state index contributed by atoms with van der Waals surface area (Å²) in [4.78, 5) is 31.6. The van der Waals surface area contributed by atoms with Gasteiger partial charge in [0.25, 0.3) is 0 Å². The van der Waals surface area contributed by atoms with Crippen LogP contribution in [0.15, 0.2) is 0 Å². The zero-order valence-electron chi connectivity index (χ0n) is 26.6. The molecule has 5 aliphatic heterocycles. The lowest BCUT2D eigenvalue weighted by atomic mass is 9.74. The fraction of sp³-hybridized carbons (Fsp3) is 0.935. The lowest BCUT2D eigenvalue weighted by Gasteiger charge is -2.47. The molecule has 1 aliphatic carbocycles. The van der Waals surface area contributed by atoms with Crippen molar-refractivity contribution < 1.29 is 24.2 Å². The average Bonchev–Trinajstić information content (AvgIpc) is 3.54. The minimum atomic E-state index is -0.601. The topological polar surface area (TPSA) is 143 Å². The van der Waals surface area contributed by atoms with E-state index in [0.717, 1.165) is 64.8 Å². The van der Waals surface area contributed by atoms with Gasteiger partial charge in [0, 0.05) is 71.7 Å². The molecule has 7 unspecified atom stereocenters. The van der Waals surface area contributed by atoms with Crippen LogP contribution >= 0.6 is 0 Å². The average molecular weight is 621 g/mol. The van der Waals surface area contributed by atoms with Gasteiger partial charge < -0.3 is 29.7 Å². The summed E-state index contributed by atoms with van der Waals surface area (Å²) >= 11 is 0. The number of carbonyl (C=O) groups excluding carboxylic acids is 2. The molecule has 6 aliphatic rings. The third-order valence-corrected chi connectivity index (χ3v) is 10.7. The number of aliphatic hydroxyl groups excluding tert-OH is 1. The summed E-state index contributed by atoms with van der Waals surface area (Å²) in [5, 5.41) is 28.0. The van der Waals surface area contributed by atoms with Crippen LogP contribution in [0.4, 0.5) is 0 Å². The Morgan fingerprint density at radius 2 is 1.86 bits per heavy atom. The Hall–Kier alpha value is -1.42. The molecule has 0 aromatic rings. The molecule has 0 aromatic heterocycles. The molecule has 250 valence electrons. The van der Waals surface area contributed by atoms with Gasteiger partial charge in [-0.15, -0.1) is 0 Å². The van der Waals surface area contributed by atoms with Crippen molar-refractivity contribution in [1.82, 2.24) is 41.3 Å². The molecule has 44 heavy (non-hydrogen) atoms. The standard InChI is InChI=1S/C31H56N8O5/c1-21(40)39-16-24(17-39)34-29-12-28(35-31(36-29)38-8-3-2-4-9-38)30(42)33-13-25(41)18-37-10-7-22-11-26(6-5-23(22)15-37)43-19-27-14-32-20-44-27/h22-29,31-32,34-36,41H,2-20H2,1H3,(H,33,42)/t22?,23?,25-,26?,27?,28?,29?,31?/m0/s1. The summed E-state index contributed by atoms with van der Waals surface area (Å²) < 4.78 is 11.8. The predicted molar refractivity (Wildman–Crippen MR) is 165 cm³/mol. The summed E-state index contributed by atoms with van der Waals surface area (Å²) in [7, 11) is 0. The van der Waals surface area contributed by atoms with Gasteiger partial charge in [-0.3, -0.25) is 35.8 Å². The molecule has 0 radical (unpaired) electrons. The van der Waals surface area contributed by atoms with Crippen LogP contribution in [0, 0.1) is 11.8 Å². The summed E-state index contributed by atoms with van der Waals surface area (Å²) in [6.45, 7) is 10.1. The van der Waals surface area contributed by atoms with E-state index in [1.54, 1.807) is 6.92 Å². The quantitative estimate of drug-likeness (QED) is 0.166. The number of carbonyl (C=O) groups is 2. The Kier molecular flexibility index (Phi) is 11.4. The predicted octanol–water partition coefficient (Wildman–Crippen LogP) is -1.22. The van der Waals surface area contributed by atoms with E-state index in [1.807, 2.05) is 4.90 Å².